The van der Waals surface area contributed by atoms with Crippen molar-refractivity contribution in [3.63, 3.8) is 0 Å². The van der Waals surface area contributed by atoms with E-state index in [4.69, 9.17) is 5.73 Å². The van der Waals surface area contributed by atoms with E-state index in [1.807, 2.05) is 33.9 Å². The van der Waals surface area contributed by atoms with Crippen LogP contribution in [0.15, 0.2) is 0 Å². The summed E-state index contributed by atoms with van der Waals surface area (Å²) in [4.78, 5) is 21.2. The number of amides is 1. The van der Waals surface area contributed by atoms with Gasteiger partial charge in [0.05, 0.1) is 0 Å². The van der Waals surface area contributed by atoms with E-state index in [9.17, 15) is 9.59 Å². The molecule has 1 amide bonds. The van der Waals surface area contributed by atoms with Gasteiger partial charge >= 0.3 is 51.4 Å². The van der Waals surface area contributed by atoms with Crippen LogP contribution in [0.5, 0.6) is 0 Å². The number of rotatable bonds is 0. The van der Waals surface area contributed by atoms with Gasteiger partial charge in [-0.3, -0.25) is 4.79 Å². The van der Waals surface area contributed by atoms with E-state index >= 15 is 0 Å². The molecule has 6 heteroatoms. The fraction of sp³-hybridized carbons (Fsp3) is 0.909. The van der Waals surface area contributed by atoms with Crippen molar-refractivity contribution in [3.8, 4) is 0 Å². The monoisotopic (exact) mass is 286 g/mol. The summed E-state index contributed by atoms with van der Waals surface area (Å²) in [6.45, 7) is 14.9. The average Bonchev–Trinajstić information content (AvgIpc) is 1.74. The molecule has 0 aromatic heterocycles. The second kappa shape index (κ2) is 8.29. The first-order valence-corrected chi connectivity index (χ1v) is 8.22. The minimum Gasteiger partial charge on any atom is -0.858 e. The Hall–Kier alpha value is 1.08. The molecule has 0 aliphatic heterocycles. The molecule has 0 rings (SSSR count). The molecule has 1 N–H and O–H groups in total. The maximum atomic E-state index is 11.3. The van der Waals surface area contributed by atoms with Gasteiger partial charge in [0.25, 0.3) is 0 Å². The van der Waals surface area contributed by atoms with Gasteiger partial charge in [-0.05, 0) is 29.1 Å². The van der Waals surface area contributed by atoms with Gasteiger partial charge in [0.1, 0.15) is 5.60 Å². The van der Waals surface area contributed by atoms with Crippen molar-refractivity contribution in [1.82, 2.24) is 0 Å². The Kier molecular flexibility index (Phi) is 11.3. The summed E-state index contributed by atoms with van der Waals surface area (Å²) in [5.41, 5.74) is 5.86. The second-order valence-electron chi connectivity index (χ2n) is 6.26. The normalized spacial score (nSPS) is 11.8. The summed E-state index contributed by atoms with van der Waals surface area (Å²) in [6, 6.07) is 0. The summed E-state index contributed by atoms with van der Waals surface area (Å²) < 4.78 is 4.47. The predicted molar refractivity (Wildman–Crippen MR) is 67.8 cm³/mol. The van der Waals surface area contributed by atoms with Crippen LogP contribution in [0.3, 0.4) is 0 Å². The third-order valence-corrected chi connectivity index (χ3v) is 5.82. The zero-order valence-corrected chi connectivity index (χ0v) is 16.8. The Morgan fingerprint density at radius 1 is 1.12 bits per heavy atom. The topological polar surface area (TPSA) is 73.2 Å². The van der Waals surface area contributed by atoms with Crippen molar-refractivity contribution in [1.29, 1.82) is 0 Å². The number of carbonyl (C=O) groups excluding carboxylic acids is 1. The van der Waals surface area contributed by atoms with Gasteiger partial charge in [-0.1, -0.05) is 38.9 Å². The zero-order valence-electron chi connectivity index (χ0n) is 12.7. The molecule has 0 heterocycles. The van der Waals surface area contributed by atoms with Gasteiger partial charge in [-0.2, -0.15) is 0 Å². The van der Waals surface area contributed by atoms with Crippen molar-refractivity contribution in [2.45, 2.75) is 65.3 Å². The molecule has 0 saturated carbocycles. The molecule has 0 spiro atoms. The van der Waals surface area contributed by atoms with Crippen molar-refractivity contribution in [2.24, 2.45) is 0 Å². The van der Waals surface area contributed by atoms with E-state index in [1.165, 1.54) is 0 Å². The number of ether oxygens (including phenoxy) is 1. The van der Waals surface area contributed by atoms with Crippen molar-refractivity contribution in [2.75, 3.05) is 0 Å². The molecule has 0 saturated heterocycles. The molecule has 0 aromatic rings. The van der Waals surface area contributed by atoms with Gasteiger partial charge in [0.15, 0.2) is 0 Å². The Balaban J connectivity index is -0.000000218. The quantitative estimate of drug-likeness (QED) is 0.602. The Bertz CT molecular complexity index is 214. The first-order valence-electron chi connectivity index (χ1n) is 5.32. The van der Waals surface area contributed by atoms with Crippen LogP contribution in [0, 0.1) is 0 Å². The summed E-state index contributed by atoms with van der Waals surface area (Å²) in [5.74, 6) is 0. The smallest absolute Gasteiger partial charge is 0.858 e. The SMILES string of the molecule is CC(C)(C)OC([NH-])=O.CC(C)(C)[Si](C)(C)[O-].[K+]. The van der Waals surface area contributed by atoms with Gasteiger partial charge in [0.2, 0.25) is 6.09 Å². The molecule has 98 valence electrons. The summed E-state index contributed by atoms with van der Waals surface area (Å²) in [7, 11) is -2.11. The Morgan fingerprint density at radius 3 is 1.35 bits per heavy atom. The molecular formula is C11H25KNO3Si-. The summed E-state index contributed by atoms with van der Waals surface area (Å²) >= 11 is 0. The molecule has 0 radical (unpaired) electrons. The summed E-state index contributed by atoms with van der Waals surface area (Å²) in [6.07, 6.45) is -0.975. The average molecular weight is 287 g/mol. The van der Waals surface area contributed by atoms with Crippen LogP contribution < -0.4 is 56.2 Å². The zero-order chi connectivity index (χ0) is 13.8. The van der Waals surface area contributed by atoms with E-state index in [0.717, 1.165) is 0 Å². The van der Waals surface area contributed by atoms with Crippen LogP contribution in [0.1, 0.15) is 41.5 Å². The fourth-order valence-corrected chi connectivity index (χ4v) is 0.278. The Morgan fingerprint density at radius 2 is 1.35 bits per heavy atom. The van der Waals surface area contributed by atoms with Crippen LogP contribution in [-0.2, 0) is 4.74 Å². The number of nitrogens with one attached hydrogen (secondary N) is 1. The maximum Gasteiger partial charge on any atom is 1.00 e. The third-order valence-electron chi connectivity index (χ3n) is 2.21. The van der Waals surface area contributed by atoms with E-state index < -0.39 is 20.0 Å². The van der Waals surface area contributed by atoms with Crippen LogP contribution in [0.25, 0.3) is 5.73 Å². The molecule has 17 heavy (non-hydrogen) atoms. The van der Waals surface area contributed by atoms with Crippen molar-refractivity contribution >= 4 is 14.4 Å². The number of hydrogen-bond donors (Lipinski definition) is 0. The molecule has 0 bridgehead atoms. The standard InChI is InChI=1S/C6H15OSi.C5H11NO2.K/c1-6(2,3)8(4,5)7;1-5(2,3)8-4(6)7;/h1-5H3;1-3H3,(H2,6,7);/q-1;;+1/p-1. The molecule has 0 aromatic carbocycles. The van der Waals surface area contributed by atoms with E-state index in [0.29, 0.717) is 0 Å². The van der Waals surface area contributed by atoms with Gasteiger partial charge in [0, 0.05) is 0 Å². The minimum atomic E-state index is -2.11. The molecule has 0 aliphatic rings. The van der Waals surface area contributed by atoms with Gasteiger partial charge < -0.3 is 15.3 Å². The van der Waals surface area contributed by atoms with E-state index in [-0.39, 0.29) is 56.4 Å². The molecule has 0 fully saturated rings. The molecule has 0 atom stereocenters. The largest absolute Gasteiger partial charge is 1.00 e. The van der Waals surface area contributed by atoms with Crippen LogP contribution in [0.2, 0.25) is 18.1 Å². The van der Waals surface area contributed by atoms with E-state index in [2.05, 4.69) is 4.74 Å². The third kappa shape index (κ3) is 17.1. The van der Waals surface area contributed by atoms with Crippen LogP contribution in [0.4, 0.5) is 4.79 Å². The minimum absolute atomic E-state index is 0. The van der Waals surface area contributed by atoms with Gasteiger partial charge in [-0.25, -0.2) is 0 Å². The molecular weight excluding hydrogens is 261 g/mol. The molecule has 4 nitrogen and oxygen atoms in total. The van der Waals surface area contributed by atoms with Crippen LogP contribution in [-0.4, -0.2) is 20.0 Å². The Labute approximate surface area is 149 Å². The predicted octanol–water partition coefficient (Wildman–Crippen LogP) is 0.330. The summed E-state index contributed by atoms with van der Waals surface area (Å²) in [5, 5.41) is 0.0208. The fourth-order valence-electron chi connectivity index (χ4n) is 0.278. The molecule has 0 aliphatic carbocycles. The first-order chi connectivity index (χ1) is 6.67. The first kappa shape index (κ1) is 23.2. The second-order valence-corrected chi connectivity index (χ2v) is 10.8. The number of hydrogen-bond acceptors (Lipinski definition) is 3. The van der Waals surface area contributed by atoms with E-state index in [1.54, 1.807) is 20.8 Å². The van der Waals surface area contributed by atoms with Crippen molar-refractivity contribution in [3.05, 3.63) is 5.73 Å². The van der Waals surface area contributed by atoms with Gasteiger partial charge in [-0.15, -0.1) is 0 Å². The molecule has 0 unspecified atom stereocenters. The van der Waals surface area contributed by atoms with Crippen LogP contribution >= 0.6 is 0 Å². The maximum absolute atomic E-state index is 11.3. The van der Waals surface area contributed by atoms with Crippen molar-refractivity contribution < 1.29 is 65.7 Å². The number of carbonyl (C=O) groups is 1.